The minimum Gasteiger partial charge on any atom is -0.369 e. The molecule has 0 fully saturated rings. The quantitative estimate of drug-likeness (QED) is 0.716. The molecule has 0 aliphatic rings. The smallest absolute Gasteiger partial charge is 0.146 e. The Morgan fingerprint density at radius 1 is 1.15 bits per heavy atom. The van der Waals surface area contributed by atoms with Crippen LogP contribution in [0, 0.1) is 5.82 Å². The Balaban J connectivity index is 2.89. The molecule has 1 aromatic carbocycles. The second-order valence-electron chi connectivity index (χ2n) is 5.42. The molecule has 0 heterocycles. The number of hydrogen-bond donors (Lipinski definition) is 1. The minimum atomic E-state index is -0.100. The first-order valence-corrected chi connectivity index (χ1v) is 7.85. The van der Waals surface area contributed by atoms with Crippen LogP contribution in [-0.2, 0) is 0 Å². The fourth-order valence-corrected chi connectivity index (χ4v) is 2.27. The van der Waals surface area contributed by atoms with E-state index in [2.05, 4.69) is 24.1 Å². The highest BCUT2D eigenvalue weighted by atomic mass is 19.1. The topological polar surface area (TPSA) is 15.3 Å². The van der Waals surface area contributed by atoms with Crippen LogP contribution >= 0.6 is 0 Å². The largest absolute Gasteiger partial charge is 0.369 e. The molecular formula is C17H29FN2. The SMILES string of the molecule is CCCCN(CCCC)c1ccc(C(C)NC)cc1F. The molecule has 0 saturated carbocycles. The van der Waals surface area contributed by atoms with Crippen molar-refractivity contribution in [2.45, 2.75) is 52.5 Å². The Morgan fingerprint density at radius 2 is 1.75 bits per heavy atom. The maximum atomic E-state index is 14.4. The highest BCUT2D eigenvalue weighted by Crippen LogP contribution is 2.24. The molecule has 0 aromatic heterocycles. The summed E-state index contributed by atoms with van der Waals surface area (Å²) in [6.07, 6.45) is 4.49. The molecular weight excluding hydrogens is 251 g/mol. The maximum absolute atomic E-state index is 14.4. The fraction of sp³-hybridized carbons (Fsp3) is 0.647. The van der Waals surface area contributed by atoms with E-state index in [0.29, 0.717) is 0 Å². The van der Waals surface area contributed by atoms with Gasteiger partial charge in [0.1, 0.15) is 5.82 Å². The van der Waals surface area contributed by atoms with Crippen molar-refractivity contribution in [3.63, 3.8) is 0 Å². The summed E-state index contributed by atoms with van der Waals surface area (Å²) in [5.74, 6) is -0.100. The molecule has 1 atom stereocenters. The van der Waals surface area contributed by atoms with E-state index in [1.165, 1.54) is 0 Å². The van der Waals surface area contributed by atoms with E-state index in [-0.39, 0.29) is 11.9 Å². The Labute approximate surface area is 123 Å². The molecule has 1 aromatic rings. The Morgan fingerprint density at radius 3 is 2.20 bits per heavy atom. The number of halogens is 1. The first-order chi connectivity index (χ1) is 9.63. The number of rotatable bonds is 9. The lowest BCUT2D eigenvalue weighted by molar-refractivity contribution is 0.593. The van der Waals surface area contributed by atoms with Crippen LogP contribution in [0.4, 0.5) is 10.1 Å². The summed E-state index contributed by atoms with van der Waals surface area (Å²) in [5, 5.41) is 3.15. The first kappa shape index (κ1) is 17.0. The summed E-state index contributed by atoms with van der Waals surface area (Å²) in [7, 11) is 1.89. The van der Waals surface area contributed by atoms with Gasteiger partial charge in [-0.1, -0.05) is 32.8 Å². The van der Waals surface area contributed by atoms with Gasteiger partial charge in [-0.2, -0.15) is 0 Å². The van der Waals surface area contributed by atoms with Gasteiger partial charge in [0.15, 0.2) is 0 Å². The molecule has 0 bridgehead atoms. The molecule has 1 rings (SSSR count). The van der Waals surface area contributed by atoms with Crippen molar-refractivity contribution in [1.82, 2.24) is 5.32 Å². The van der Waals surface area contributed by atoms with E-state index < -0.39 is 0 Å². The van der Waals surface area contributed by atoms with Gasteiger partial charge < -0.3 is 10.2 Å². The van der Waals surface area contributed by atoms with Gasteiger partial charge in [-0.05, 0) is 44.5 Å². The lowest BCUT2D eigenvalue weighted by Gasteiger charge is -2.26. The number of unbranched alkanes of at least 4 members (excludes halogenated alkanes) is 2. The molecule has 20 heavy (non-hydrogen) atoms. The number of nitrogens with zero attached hydrogens (tertiary/aromatic N) is 1. The third-order valence-corrected chi connectivity index (χ3v) is 3.81. The molecule has 2 nitrogen and oxygen atoms in total. The van der Waals surface area contributed by atoms with E-state index in [0.717, 1.165) is 50.0 Å². The monoisotopic (exact) mass is 280 g/mol. The van der Waals surface area contributed by atoms with Gasteiger partial charge in [0.2, 0.25) is 0 Å². The van der Waals surface area contributed by atoms with E-state index in [9.17, 15) is 4.39 Å². The van der Waals surface area contributed by atoms with Crippen LogP contribution in [-0.4, -0.2) is 20.1 Å². The zero-order valence-corrected chi connectivity index (χ0v) is 13.4. The van der Waals surface area contributed by atoms with Crippen LogP contribution in [0.3, 0.4) is 0 Å². The van der Waals surface area contributed by atoms with Gasteiger partial charge in [-0.3, -0.25) is 0 Å². The number of nitrogens with one attached hydrogen (secondary N) is 1. The van der Waals surface area contributed by atoms with Crippen LogP contribution in [0.25, 0.3) is 0 Å². The number of hydrogen-bond acceptors (Lipinski definition) is 2. The van der Waals surface area contributed by atoms with Crippen molar-refractivity contribution >= 4 is 5.69 Å². The molecule has 0 aliphatic heterocycles. The lowest BCUT2D eigenvalue weighted by Crippen LogP contribution is -2.26. The summed E-state index contributed by atoms with van der Waals surface area (Å²) in [6.45, 7) is 8.27. The zero-order valence-electron chi connectivity index (χ0n) is 13.4. The standard InChI is InChI=1S/C17H29FN2/c1-5-7-11-20(12-8-6-2)17-10-9-15(13-16(17)18)14(3)19-4/h9-10,13-14,19H,5-8,11-12H2,1-4H3. The van der Waals surface area contributed by atoms with Crippen molar-refractivity contribution in [2.75, 3.05) is 25.0 Å². The van der Waals surface area contributed by atoms with Gasteiger partial charge in [0, 0.05) is 19.1 Å². The van der Waals surface area contributed by atoms with Crippen LogP contribution in [0.1, 0.15) is 58.1 Å². The van der Waals surface area contributed by atoms with Crippen molar-refractivity contribution in [3.05, 3.63) is 29.6 Å². The highest BCUT2D eigenvalue weighted by Gasteiger charge is 2.13. The molecule has 1 N–H and O–H groups in total. The average molecular weight is 280 g/mol. The zero-order chi connectivity index (χ0) is 15.0. The summed E-state index contributed by atoms with van der Waals surface area (Å²) in [6, 6.07) is 5.81. The summed E-state index contributed by atoms with van der Waals surface area (Å²) < 4.78 is 14.4. The van der Waals surface area contributed by atoms with Crippen LogP contribution in [0.5, 0.6) is 0 Å². The lowest BCUT2D eigenvalue weighted by atomic mass is 10.1. The van der Waals surface area contributed by atoms with E-state index in [1.54, 1.807) is 6.07 Å². The van der Waals surface area contributed by atoms with Gasteiger partial charge >= 0.3 is 0 Å². The van der Waals surface area contributed by atoms with Gasteiger partial charge in [0.05, 0.1) is 5.69 Å². The molecule has 114 valence electrons. The van der Waals surface area contributed by atoms with Crippen molar-refractivity contribution in [3.8, 4) is 0 Å². The summed E-state index contributed by atoms with van der Waals surface area (Å²) in [5.41, 5.74) is 1.75. The van der Waals surface area contributed by atoms with Gasteiger partial charge in [0.25, 0.3) is 0 Å². The van der Waals surface area contributed by atoms with E-state index in [1.807, 2.05) is 26.1 Å². The normalized spacial score (nSPS) is 12.4. The Kier molecular flexibility index (Phi) is 7.60. The van der Waals surface area contributed by atoms with Gasteiger partial charge in [-0.15, -0.1) is 0 Å². The fourth-order valence-electron chi connectivity index (χ4n) is 2.27. The van der Waals surface area contributed by atoms with Crippen LogP contribution in [0.15, 0.2) is 18.2 Å². The average Bonchev–Trinajstić information content (AvgIpc) is 2.47. The van der Waals surface area contributed by atoms with Crippen molar-refractivity contribution in [1.29, 1.82) is 0 Å². The molecule has 1 unspecified atom stereocenters. The maximum Gasteiger partial charge on any atom is 0.146 e. The second kappa shape index (κ2) is 8.96. The number of anilines is 1. The van der Waals surface area contributed by atoms with Crippen LogP contribution < -0.4 is 10.2 Å². The molecule has 0 amide bonds. The van der Waals surface area contributed by atoms with Gasteiger partial charge in [-0.25, -0.2) is 4.39 Å². The molecule has 0 aliphatic carbocycles. The van der Waals surface area contributed by atoms with E-state index >= 15 is 0 Å². The molecule has 0 radical (unpaired) electrons. The van der Waals surface area contributed by atoms with Crippen molar-refractivity contribution in [2.24, 2.45) is 0 Å². The molecule has 0 saturated heterocycles. The van der Waals surface area contributed by atoms with Crippen molar-refractivity contribution < 1.29 is 4.39 Å². The van der Waals surface area contributed by atoms with Crippen LogP contribution in [0.2, 0.25) is 0 Å². The highest BCUT2D eigenvalue weighted by molar-refractivity contribution is 5.49. The number of benzene rings is 1. The third-order valence-electron chi connectivity index (χ3n) is 3.81. The first-order valence-electron chi connectivity index (χ1n) is 7.85. The Bertz CT molecular complexity index is 385. The minimum absolute atomic E-state index is 0.100. The summed E-state index contributed by atoms with van der Waals surface area (Å²) >= 11 is 0. The second-order valence-corrected chi connectivity index (χ2v) is 5.42. The molecule has 3 heteroatoms. The predicted molar refractivity (Wildman–Crippen MR) is 85.9 cm³/mol. The summed E-state index contributed by atoms with van der Waals surface area (Å²) in [4.78, 5) is 2.19. The molecule has 0 spiro atoms. The third kappa shape index (κ3) is 4.78. The van der Waals surface area contributed by atoms with E-state index in [4.69, 9.17) is 0 Å². The Hall–Kier alpha value is -1.09. The predicted octanol–water partition coefficient (Wildman–Crippen LogP) is 4.51.